The van der Waals surface area contributed by atoms with Crippen molar-refractivity contribution in [3.05, 3.63) is 59.7 Å². The van der Waals surface area contributed by atoms with E-state index in [4.69, 9.17) is 4.74 Å². The van der Waals surface area contributed by atoms with Crippen LogP contribution in [-0.2, 0) is 4.79 Å². The molecule has 0 aliphatic carbocycles. The number of phenols is 1. The zero-order valence-electron chi connectivity index (χ0n) is 14.4. The third kappa shape index (κ3) is 5.94. The number of carbonyl (C=O) groups excluding carboxylic acids is 2. The second-order valence-corrected chi connectivity index (χ2v) is 5.45. The lowest BCUT2D eigenvalue weighted by Crippen LogP contribution is -2.26. The number of carbonyl (C=O) groups is 2. The van der Waals surface area contributed by atoms with Gasteiger partial charge in [-0.1, -0.05) is 18.2 Å². The van der Waals surface area contributed by atoms with Crippen molar-refractivity contribution < 1.29 is 19.4 Å². The fourth-order valence-corrected chi connectivity index (χ4v) is 2.15. The van der Waals surface area contributed by atoms with Crippen molar-refractivity contribution in [3.63, 3.8) is 0 Å². The van der Waals surface area contributed by atoms with E-state index in [1.165, 1.54) is 19.4 Å². The molecule has 0 bridgehead atoms. The van der Waals surface area contributed by atoms with E-state index in [1.54, 1.807) is 36.4 Å². The van der Waals surface area contributed by atoms with Crippen LogP contribution in [0.25, 0.3) is 0 Å². The molecule has 26 heavy (non-hydrogen) atoms. The second-order valence-electron chi connectivity index (χ2n) is 5.45. The van der Waals surface area contributed by atoms with Crippen LogP contribution in [0.5, 0.6) is 11.5 Å². The number of aromatic hydroxyl groups is 1. The summed E-state index contributed by atoms with van der Waals surface area (Å²) in [5.74, 6) is -0.0491. The Bertz CT molecular complexity index is 776. The minimum atomic E-state index is -0.249. The van der Waals surface area contributed by atoms with Gasteiger partial charge in [-0.05, 0) is 42.3 Å². The largest absolute Gasteiger partial charge is 0.504 e. The van der Waals surface area contributed by atoms with Gasteiger partial charge in [0.05, 0.1) is 13.3 Å². The molecule has 0 fully saturated rings. The molecular weight excluding hydrogens is 334 g/mol. The highest BCUT2D eigenvalue weighted by Gasteiger charge is 2.05. The van der Waals surface area contributed by atoms with E-state index in [1.807, 2.05) is 6.07 Å². The van der Waals surface area contributed by atoms with Crippen molar-refractivity contribution >= 4 is 18.0 Å². The number of methoxy groups -OCH3 is 1. The Morgan fingerprint density at radius 1 is 1.19 bits per heavy atom. The quantitative estimate of drug-likeness (QED) is 0.383. The second kappa shape index (κ2) is 9.83. The first kappa shape index (κ1) is 19.0. The molecule has 0 unspecified atom stereocenters. The Morgan fingerprint density at radius 3 is 2.69 bits per heavy atom. The first-order valence-corrected chi connectivity index (χ1v) is 8.12. The smallest absolute Gasteiger partial charge is 0.251 e. The summed E-state index contributed by atoms with van der Waals surface area (Å²) in [6, 6.07) is 13.6. The highest BCUT2D eigenvalue weighted by molar-refractivity contribution is 5.94. The van der Waals surface area contributed by atoms with E-state index in [0.717, 1.165) is 0 Å². The van der Waals surface area contributed by atoms with Gasteiger partial charge in [0.15, 0.2) is 11.5 Å². The zero-order valence-corrected chi connectivity index (χ0v) is 14.4. The van der Waals surface area contributed by atoms with Crippen LogP contribution < -0.4 is 15.5 Å². The van der Waals surface area contributed by atoms with Gasteiger partial charge in [-0.15, -0.1) is 0 Å². The molecule has 0 aromatic heterocycles. The van der Waals surface area contributed by atoms with Crippen LogP contribution in [-0.4, -0.2) is 36.8 Å². The highest BCUT2D eigenvalue weighted by atomic mass is 16.5. The Balaban J connectivity index is 1.68. The van der Waals surface area contributed by atoms with Gasteiger partial charge in [0.2, 0.25) is 5.91 Å². The van der Waals surface area contributed by atoms with Crippen molar-refractivity contribution in [1.29, 1.82) is 0 Å². The summed E-state index contributed by atoms with van der Waals surface area (Å²) in [7, 11) is 1.45. The number of hydrogen-bond acceptors (Lipinski definition) is 5. The monoisotopic (exact) mass is 355 g/mol. The predicted octanol–water partition coefficient (Wildman–Crippen LogP) is 2.06. The molecule has 0 atom stereocenters. The summed E-state index contributed by atoms with van der Waals surface area (Å²) in [6.07, 6.45) is 2.20. The molecule has 2 aromatic rings. The topological polar surface area (TPSA) is 100 Å². The van der Waals surface area contributed by atoms with Gasteiger partial charge in [-0.2, -0.15) is 5.10 Å². The van der Waals surface area contributed by atoms with Crippen LogP contribution in [0.4, 0.5) is 0 Å². The van der Waals surface area contributed by atoms with E-state index in [2.05, 4.69) is 15.8 Å². The van der Waals surface area contributed by atoms with E-state index in [-0.39, 0.29) is 24.0 Å². The van der Waals surface area contributed by atoms with E-state index in [0.29, 0.717) is 29.8 Å². The van der Waals surface area contributed by atoms with Crippen LogP contribution >= 0.6 is 0 Å². The van der Waals surface area contributed by atoms with Crippen molar-refractivity contribution in [2.24, 2.45) is 5.10 Å². The standard InChI is InChI=1S/C19H21N3O4/c1-26-17-12-14(9-10-16(17)23)13-21-22-18(24)8-5-11-20-19(25)15-6-3-2-4-7-15/h2-4,6-7,9-10,12-13,23H,5,8,11H2,1H3,(H,20,25)(H,22,24). The number of amides is 2. The highest BCUT2D eigenvalue weighted by Crippen LogP contribution is 2.25. The summed E-state index contributed by atoms with van der Waals surface area (Å²) in [6.45, 7) is 0.403. The molecule has 0 radical (unpaired) electrons. The zero-order chi connectivity index (χ0) is 18.8. The number of rotatable bonds is 8. The minimum Gasteiger partial charge on any atom is -0.504 e. The average Bonchev–Trinajstić information content (AvgIpc) is 2.67. The molecule has 0 heterocycles. The lowest BCUT2D eigenvalue weighted by atomic mass is 10.2. The van der Waals surface area contributed by atoms with E-state index in [9.17, 15) is 14.7 Å². The molecule has 7 nitrogen and oxygen atoms in total. The lowest BCUT2D eigenvalue weighted by molar-refractivity contribution is -0.121. The molecular formula is C19H21N3O4. The van der Waals surface area contributed by atoms with Gasteiger partial charge in [0.1, 0.15) is 0 Å². The molecule has 0 aliphatic heterocycles. The van der Waals surface area contributed by atoms with Gasteiger partial charge >= 0.3 is 0 Å². The molecule has 2 amide bonds. The molecule has 0 spiro atoms. The van der Waals surface area contributed by atoms with Gasteiger partial charge < -0.3 is 15.2 Å². The summed E-state index contributed by atoms with van der Waals surface area (Å²) in [4.78, 5) is 23.6. The fraction of sp³-hybridized carbons (Fsp3) is 0.211. The van der Waals surface area contributed by atoms with Gasteiger partial charge in [-0.3, -0.25) is 9.59 Å². The van der Waals surface area contributed by atoms with Gasteiger partial charge in [0, 0.05) is 18.5 Å². The van der Waals surface area contributed by atoms with E-state index >= 15 is 0 Å². The maximum Gasteiger partial charge on any atom is 0.251 e. The Kier molecular flexibility index (Phi) is 7.17. The predicted molar refractivity (Wildman–Crippen MR) is 98.4 cm³/mol. The van der Waals surface area contributed by atoms with Crippen molar-refractivity contribution in [3.8, 4) is 11.5 Å². The number of phenolic OH excluding ortho intramolecular Hbond substituents is 1. The Hall–Kier alpha value is -3.35. The minimum absolute atomic E-state index is 0.0336. The Morgan fingerprint density at radius 2 is 1.96 bits per heavy atom. The maximum absolute atomic E-state index is 11.8. The molecule has 0 saturated heterocycles. The first-order valence-electron chi connectivity index (χ1n) is 8.12. The molecule has 0 aliphatic rings. The summed E-state index contributed by atoms with van der Waals surface area (Å²) < 4.78 is 5.00. The molecule has 0 saturated carbocycles. The van der Waals surface area contributed by atoms with Crippen LogP contribution in [0.2, 0.25) is 0 Å². The third-order valence-corrected chi connectivity index (χ3v) is 3.51. The van der Waals surface area contributed by atoms with Crippen LogP contribution in [0.15, 0.2) is 53.6 Å². The molecule has 2 rings (SSSR count). The maximum atomic E-state index is 11.8. The van der Waals surface area contributed by atoms with Gasteiger partial charge in [0.25, 0.3) is 5.91 Å². The molecule has 7 heteroatoms. The number of benzene rings is 2. The molecule has 3 N–H and O–H groups in total. The number of hydrazone groups is 1. The Labute approximate surface area is 151 Å². The van der Waals surface area contributed by atoms with Crippen LogP contribution in [0, 0.1) is 0 Å². The van der Waals surface area contributed by atoms with Crippen LogP contribution in [0.3, 0.4) is 0 Å². The normalized spacial score (nSPS) is 10.5. The molecule has 2 aromatic carbocycles. The fourth-order valence-electron chi connectivity index (χ4n) is 2.15. The van der Waals surface area contributed by atoms with E-state index < -0.39 is 0 Å². The number of ether oxygens (including phenoxy) is 1. The van der Waals surface area contributed by atoms with Crippen molar-refractivity contribution in [1.82, 2.24) is 10.7 Å². The SMILES string of the molecule is COc1cc(C=NNC(=O)CCCNC(=O)c2ccccc2)ccc1O. The molecule has 136 valence electrons. The summed E-state index contributed by atoms with van der Waals surface area (Å²) >= 11 is 0. The third-order valence-electron chi connectivity index (χ3n) is 3.51. The van der Waals surface area contributed by atoms with Crippen molar-refractivity contribution in [2.75, 3.05) is 13.7 Å². The van der Waals surface area contributed by atoms with Crippen LogP contribution in [0.1, 0.15) is 28.8 Å². The number of nitrogens with one attached hydrogen (secondary N) is 2. The average molecular weight is 355 g/mol. The summed E-state index contributed by atoms with van der Waals surface area (Å²) in [5, 5.41) is 16.1. The summed E-state index contributed by atoms with van der Waals surface area (Å²) in [5.41, 5.74) is 3.68. The number of hydrogen-bond donors (Lipinski definition) is 3. The first-order chi connectivity index (χ1) is 12.6. The lowest BCUT2D eigenvalue weighted by Gasteiger charge is -2.05. The number of nitrogens with zero attached hydrogens (tertiary/aromatic N) is 1. The van der Waals surface area contributed by atoms with Crippen molar-refractivity contribution in [2.45, 2.75) is 12.8 Å². The van der Waals surface area contributed by atoms with Gasteiger partial charge in [-0.25, -0.2) is 5.43 Å².